The average molecular weight is 499 g/mol. The van der Waals surface area contributed by atoms with Crippen molar-refractivity contribution in [1.82, 2.24) is 15.2 Å². The lowest BCUT2D eigenvalue weighted by atomic mass is 10.0. The molecule has 0 saturated heterocycles. The smallest absolute Gasteiger partial charge is 0.246 e. The first kappa shape index (κ1) is 21.6. The number of thiazole rings is 1. The Bertz CT molecular complexity index is 807. The number of aromatic nitrogens is 1. The van der Waals surface area contributed by atoms with E-state index < -0.39 is 0 Å². The number of para-hydroxylation sites is 1. The number of nitrogens with zero attached hydrogens (tertiary/aromatic N) is 4. The summed E-state index contributed by atoms with van der Waals surface area (Å²) >= 11 is 1.64. The molecule has 0 atom stereocenters. The van der Waals surface area contributed by atoms with Crippen molar-refractivity contribution in [3.05, 3.63) is 45.9 Å². The van der Waals surface area contributed by atoms with Crippen LogP contribution in [0.3, 0.4) is 0 Å². The van der Waals surface area contributed by atoms with Gasteiger partial charge < -0.3 is 15.1 Å². The Kier molecular flexibility index (Phi) is 8.03. The summed E-state index contributed by atoms with van der Waals surface area (Å²) in [6, 6.07) is 8.14. The topological polar surface area (TPSA) is 60.8 Å². The van der Waals surface area contributed by atoms with Crippen LogP contribution in [-0.2, 0) is 17.8 Å². The molecule has 0 unspecified atom stereocenters. The Morgan fingerprint density at radius 2 is 2.19 bits per heavy atom. The minimum absolute atomic E-state index is 0. The van der Waals surface area contributed by atoms with Gasteiger partial charge in [-0.1, -0.05) is 18.2 Å². The van der Waals surface area contributed by atoms with Gasteiger partial charge in [-0.15, -0.1) is 35.3 Å². The number of aliphatic imine (C=N–C) groups is 1. The molecule has 0 radical (unpaired) electrons. The van der Waals surface area contributed by atoms with Gasteiger partial charge in [-0.05, 0) is 31.4 Å². The zero-order valence-corrected chi connectivity index (χ0v) is 19.1. The van der Waals surface area contributed by atoms with Crippen LogP contribution in [0.25, 0.3) is 0 Å². The van der Waals surface area contributed by atoms with E-state index in [0.717, 1.165) is 35.8 Å². The van der Waals surface area contributed by atoms with E-state index in [2.05, 4.69) is 26.7 Å². The number of halogens is 1. The summed E-state index contributed by atoms with van der Waals surface area (Å²) in [5, 5.41) is 6.29. The van der Waals surface area contributed by atoms with E-state index in [0.29, 0.717) is 12.5 Å². The van der Waals surface area contributed by atoms with Crippen LogP contribution in [0.5, 0.6) is 0 Å². The van der Waals surface area contributed by atoms with Gasteiger partial charge in [-0.25, -0.2) is 4.98 Å². The SMILES string of the molecule is CN=C(NCC(=O)N1CCCc2ccccc21)N(C)Cc1csc(C)n1.I. The minimum Gasteiger partial charge on any atom is -0.347 e. The molecule has 3 rings (SSSR count). The number of rotatable bonds is 4. The number of anilines is 1. The summed E-state index contributed by atoms with van der Waals surface area (Å²) < 4.78 is 0. The molecule has 1 aliphatic rings. The largest absolute Gasteiger partial charge is 0.347 e. The molecule has 0 fully saturated rings. The second kappa shape index (κ2) is 10.0. The number of fused-ring (bicyclic) bond motifs is 1. The molecule has 2 aromatic rings. The van der Waals surface area contributed by atoms with Gasteiger partial charge in [0.2, 0.25) is 5.91 Å². The fourth-order valence-corrected chi connectivity index (χ4v) is 3.83. The predicted octanol–water partition coefficient (Wildman–Crippen LogP) is 3.06. The summed E-state index contributed by atoms with van der Waals surface area (Å²) in [7, 11) is 3.68. The highest BCUT2D eigenvalue weighted by Crippen LogP contribution is 2.26. The molecule has 6 nitrogen and oxygen atoms in total. The van der Waals surface area contributed by atoms with Gasteiger partial charge >= 0.3 is 0 Å². The van der Waals surface area contributed by atoms with E-state index in [-0.39, 0.29) is 36.4 Å². The quantitative estimate of drug-likeness (QED) is 0.399. The number of hydrogen-bond donors (Lipinski definition) is 1. The first-order chi connectivity index (χ1) is 12.6. The number of amides is 1. The van der Waals surface area contributed by atoms with Gasteiger partial charge in [0.1, 0.15) is 0 Å². The minimum atomic E-state index is 0. The van der Waals surface area contributed by atoms with Crippen molar-refractivity contribution in [3.63, 3.8) is 0 Å². The van der Waals surface area contributed by atoms with E-state index >= 15 is 0 Å². The number of guanidine groups is 1. The van der Waals surface area contributed by atoms with Crippen LogP contribution in [0.2, 0.25) is 0 Å². The molecule has 8 heteroatoms. The monoisotopic (exact) mass is 499 g/mol. The Labute approximate surface area is 181 Å². The van der Waals surface area contributed by atoms with E-state index in [1.165, 1.54) is 5.56 Å². The second-order valence-corrected chi connectivity index (χ2v) is 7.45. The van der Waals surface area contributed by atoms with E-state index in [4.69, 9.17) is 0 Å². The molecule has 146 valence electrons. The standard InChI is InChI=1S/C19H25N5OS.HI/c1-14-22-16(13-26-14)12-23(3)19(20-2)21-11-18(25)24-10-6-8-15-7-4-5-9-17(15)24;/h4-5,7,9,13H,6,8,10-12H2,1-3H3,(H,20,21);1H. The molecule has 2 heterocycles. The summed E-state index contributed by atoms with van der Waals surface area (Å²) in [6.45, 7) is 3.65. The maximum absolute atomic E-state index is 12.7. The van der Waals surface area contributed by atoms with Crippen LogP contribution in [0.1, 0.15) is 22.7 Å². The summed E-state index contributed by atoms with van der Waals surface area (Å²) in [6.07, 6.45) is 2.03. The van der Waals surface area contributed by atoms with Gasteiger partial charge in [0.25, 0.3) is 0 Å². The van der Waals surface area contributed by atoms with Gasteiger partial charge in [0.05, 0.1) is 23.8 Å². The Morgan fingerprint density at radius 1 is 1.41 bits per heavy atom. The molecule has 1 N–H and O–H groups in total. The van der Waals surface area contributed by atoms with Crippen molar-refractivity contribution >= 4 is 52.9 Å². The summed E-state index contributed by atoms with van der Waals surface area (Å²) in [5.74, 6) is 0.755. The van der Waals surface area contributed by atoms with Crippen LogP contribution in [0.4, 0.5) is 5.69 Å². The predicted molar refractivity (Wildman–Crippen MR) is 122 cm³/mol. The van der Waals surface area contributed by atoms with E-state index in [1.807, 2.05) is 42.0 Å². The highest BCUT2D eigenvalue weighted by molar-refractivity contribution is 14.0. The third kappa shape index (κ3) is 5.41. The molecule has 0 spiro atoms. The van der Waals surface area contributed by atoms with E-state index in [1.54, 1.807) is 18.4 Å². The number of nitrogens with one attached hydrogen (secondary N) is 1. The lowest BCUT2D eigenvalue weighted by Gasteiger charge is -2.30. The molecule has 0 saturated carbocycles. The zero-order valence-electron chi connectivity index (χ0n) is 15.9. The molecule has 27 heavy (non-hydrogen) atoms. The summed E-state index contributed by atoms with van der Waals surface area (Å²) in [5.41, 5.74) is 3.29. The number of benzene rings is 1. The fraction of sp³-hybridized carbons (Fsp3) is 0.421. The van der Waals surface area contributed by atoms with Crippen molar-refractivity contribution < 1.29 is 4.79 Å². The molecular weight excluding hydrogens is 473 g/mol. The maximum atomic E-state index is 12.7. The molecule has 1 aromatic carbocycles. The fourth-order valence-electron chi connectivity index (χ4n) is 3.23. The third-order valence-electron chi connectivity index (χ3n) is 4.45. The molecule has 1 amide bonds. The van der Waals surface area contributed by atoms with Crippen molar-refractivity contribution in [2.24, 2.45) is 4.99 Å². The summed E-state index contributed by atoms with van der Waals surface area (Å²) in [4.78, 5) is 25.4. The van der Waals surface area contributed by atoms with Gasteiger partial charge in [0, 0.05) is 31.7 Å². The second-order valence-electron chi connectivity index (χ2n) is 6.39. The zero-order chi connectivity index (χ0) is 18.5. The lowest BCUT2D eigenvalue weighted by Crippen LogP contribution is -2.46. The molecule has 1 aromatic heterocycles. The van der Waals surface area contributed by atoms with Crippen LogP contribution in [0, 0.1) is 6.92 Å². The number of carbonyl (C=O) groups excluding carboxylic acids is 1. The van der Waals surface area contributed by atoms with Crippen LogP contribution < -0.4 is 10.2 Å². The molecule has 0 bridgehead atoms. The van der Waals surface area contributed by atoms with Crippen LogP contribution in [-0.4, -0.2) is 48.9 Å². The van der Waals surface area contributed by atoms with E-state index in [9.17, 15) is 4.79 Å². The number of aryl methyl sites for hydroxylation is 2. The highest BCUT2D eigenvalue weighted by atomic mass is 127. The normalized spacial score (nSPS) is 13.6. The molecule has 1 aliphatic heterocycles. The number of carbonyl (C=O) groups is 1. The molecular formula is C19H26IN5OS. The third-order valence-corrected chi connectivity index (χ3v) is 5.27. The van der Waals surface area contributed by atoms with Crippen LogP contribution in [0.15, 0.2) is 34.6 Å². The lowest BCUT2D eigenvalue weighted by molar-refractivity contribution is -0.117. The van der Waals surface area contributed by atoms with Gasteiger partial charge in [-0.2, -0.15) is 0 Å². The Morgan fingerprint density at radius 3 is 2.89 bits per heavy atom. The van der Waals surface area contributed by atoms with Gasteiger partial charge in [-0.3, -0.25) is 9.79 Å². The van der Waals surface area contributed by atoms with Gasteiger partial charge in [0.15, 0.2) is 5.96 Å². The average Bonchev–Trinajstić information content (AvgIpc) is 3.06. The Hall–Kier alpha value is -1.68. The van der Waals surface area contributed by atoms with Crippen LogP contribution >= 0.6 is 35.3 Å². The number of hydrogen-bond acceptors (Lipinski definition) is 4. The maximum Gasteiger partial charge on any atom is 0.246 e. The highest BCUT2D eigenvalue weighted by Gasteiger charge is 2.22. The van der Waals surface area contributed by atoms with Crippen molar-refractivity contribution in [3.8, 4) is 0 Å². The molecule has 0 aliphatic carbocycles. The Balaban J connectivity index is 0.00000261. The first-order valence-corrected chi connectivity index (χ1v) is 9.67. The van der Waals surface area contributed by atoms with Crippen molar-refractivity contribution in [2.75, 3.05) is 32.1 Å². The first-order valence-electron chi connectivity index (χ1n) is 8.79. The van der Waals surface area contributed by atoms with Crippen molar-refractivity contribution in [1.29, 1.82) is 0 Å². The van der Waals surface area contributed by atoms with Crippen molar-refractivity contribution in [2.45, 2.75) is 26.3 Å².